The first-order chi connectivity index (χ1) is 20.8. The summed E-state index contributed by atoms with van der Waals surface area (Å²) < 4.78 is 4.77. The van der Waals surface area contributed by atoms with E-state index in [0.29, 0.717) is 0 Å². The maximum absolute atomic E-state index is 5.26. The highest BCUT2D eigenvalue weighted by molar-refractivity contribution is 6.17. The third-order valence-electron chi connectivity index (χ3n) is 9.04. The highest BCUT2D eigenvalue weighted by Gasteiger charge is 2.18. The number of hydrogen-bond acceptors (Lipinski definition) is 1. The van der Waals surface area contributed by atoms with Gasteiger partial charge in [-0.25, -0.2) is 4.98 Å². The summed E-state index contributed by atoms with van der Waals surface area (Å²) in [6.07, 6.45) is 0. The minimum atomic E-state index is 1.00. The fraction of sp³-hybridized carbons (Fsp3) is 0. The second kappa shape index (κ2) is 7.96. The van der Waals surface area contributed by atoms with Gasteiger partial charge in [-0.1, -0.05) is 103 Å². The van der Waals surface area contributed by atoms with Crippen molar-refractivity contribution in [1.29, 1.82) is 0 Å². The minimum Gasteiger partial charge on any atom is -0.309 e. The lowest BCUT2D eigenvalue weighted by Crippen LogP contribution is -1.95. The Bertz CT molecular complexity index is 2740. The molecule has 194 valence electrons. The van der Waals surface area contributed by atoms with Gasteiger partial charge in [0.05, 0.1) is 27.6 Å². The van der Waals surface area contributed by atoms with Gasteiger partial charge < -0.3 is 4.57 Å². The van der Waals surface area contributed by atoms with Crippen LogP contribution in [0.25, 0.3) is 87.4 Å². The van der Waals surface area contributed by atoms with Crippen molar-refractivity contribution in [1.82, 2.24) is 14.0 Å². The Balaban J connectivity index is 1.35. The van der Waals surface area contributed by atoms with Crippen LogP contribution in [0.3, 0.4) is 0 Å². The summed E-state index contributed by atoms with van der Waals surface area (Å²) in [5.41, 5.74) is 7.85. The summed E-state index contributed by atoms with van der Waals surface area (Å²) in [6, 6.07) is 50.6. The molecule has 7 aromatic carbocycles. The Morgan fingerprint density at radius 3 is 1.88 bits per heavy atom. The number of fused-ring (bicyclic) bond motifs is 14. The quantitative estimate of drug-likeness (QED) is 0.192. The molecule has 0 atom stereocenters. The van der Waals surface area contributed by atoms with Crippen molar-refractivity contribution in [3.05, 3.63) is 140 Å². The topological polar surface area (TPSA) is 22.2 Å². The molecule has 3 heterocycles. The van der Waals surface area contributed by atoms with Gasteiger partial charge in [0, 0.05) is 27.2 Å². The van der Waals surface area contributed by atoms with Crippen LogP contribution in [-0.2, 0) is 0 Å². The number of pyridine rings is 1. The van der Waals surface area contributed by atoms with Gasteiger partial charge in [0.15, 0.2) is 0 Å². The smallest absolute Gasteiger partial charge is 0.146 e. The second-order valence-corrected chi connectivity index (χ2v) is 11.2. The molecule has 0 N–H and O–H groups in total. The lowest BCUT2D eigenvalue weighted by atomic mass is 10.0. The van der Waals surface area contributed by atoms with E-state index in [9.17, 15) is 0 Å². The fourth-order valence-corrected chi connectivity index (χ4v) is 7.19. The van der Waals surface area contributed by atoms with Gasteiger partial charge in [0.1, 0.15) is 5.65 Å². The van der Waals surface area contributed by atoms with E-state index in [4.69, 9.17) is 4.98 Å². The van der Waals surface area contributed by atoms with Crippen LogP contribution >= 0.6 is 0 Å². The van der Waals surface area contributed by atoms with Crippen LogP contribution in [0.5, 0.6) is 0 Å². The molecule has 0 aliphatic heterocycles. The first-order valence-corrected chi connectivity index (χ1v) is 14.4. The summed E-state index contributed by atoms with van der Waals surface area (Å²) in [5, 5.41) is 11.2. The molecule has 0 aliphatic rings. The van der Waals surface area contributed by atoms with Gasteiger partial charge in [-0.15, -0.1) is 0 Å². The first kappa shape index (κ1) is 22.1. The number of hydrogen-bond donors (Lipinski definition) is 0. The van der Waals surface area contributed by atoms with Crippen LogP contribution in [0.2, 0.25) is 0 Å². The van der Waals surface area contributed by atoms with Crippen molar-refractivity contribution in [2.45, 2.75) is 0 Å². The molecule has 10 aromatic rings. The van der Waals surface area contributed by atoms with E-state index >= 15 is 0 Å². The number of para-hydroxylation sites is 2. The van der Waals surface area contributed by atoms with Crippen LogP contribution in [0.4, 0.5) is 0 Å². The summed E-state index contributed by atoms with van der Waals surface area (Å²) >= 11 is 0. The van der Waals surface area contributed by atoms with Crippen LogP contribution < -0.4 is 0 Å². The monoisotopic (exact) mass is 533 g/mol. The Hall–Kier alpha value is -5.67. The number of aromatic nitrogens is 3. The molecule has 3 nitrogen and oxygen atoms in total. The second-order valence-electron chi connectivity index (χ2n) is 11.2. The van der Waals surface area contributed by atoms with Crippen molar-refractivity contribution in [3.8, 4) is 5.69 Å². The number of benzene rings is 7. The Morgan fingerprint density at radius 2 is 1.02 bits per heavy atom. The van der Waals surface area contributed by atoms with Gasteiger partial charge >= 0.3 is 0 Å². The van der Waals surface area contributed by atoms with Crippen LogP contribution in [0.1, 0.15) is 0 Å². The van der Waals surface area contributed by atoms with Crippen molar-refractivity contribution in [2.24, 2.45) is 0 Å². The minimum absolute atomic E-state index is 1.00. The average molecular weight is 534 g/mol. The summed E-state index contributed by atoms with van der Waals surface area (Å²) in [5.74, 6) is 0. The van der Waals surface area contributed by atoms with E-state index in [2.05, 4.69) is 148 Å². The van der Waals surface area contributed by atoms with Crippen molar-refractivity contribution in [2.75, 3.05) is 0 Å². The van der Waals surface area contributed by atoms with E-state index in [1.807, 2.05) is 0 Å². The molecular formula is C39H23N3. The molecule has 0 saturated carbocycles. The molecule has 0 bridgehead atoms. The normalized spacial score (nSPS) is 12.3. The molecule has 0 unspecified atom stereocenters. The molecule has 0 radical (unpaired) electrons. The first-order valence-electron chi connectivity index (χ1n) is 14.4. The summed E-state index contributed by atoms with van der Waals surface area (Å²) in [7, 11) is 0. The molecule has 0 fully saturated rings. The maximum Gasteiger partial charge on any atom is 0.146 e. The van der Waals surface area contributed by atoms with Crippen LogP contribution in [-0.4, -0.2) is 14.0 Å². The predicted molar refractivity (Wildman–Crippen MR) is 177 cm³/mol. The SMILES string of the molecule is c1ccc2c(c1)ccc1cc(-n3c4ccccc4c4cc5nc6c7ccccc7c7ccccc7n6c5cc43)ccc12. The third-order valence-corrected chi connectivity index (χ3v) is 9.04. The van der Waals surface area contributed by atoms with E-state index in [0.717, 1.165) is 22.4 Å². The number of rotatable bonds is 1. The van der Waals surface area contributed by atoms with Gasteiger partial charge in [-0.2, -0.15) is 0 Å². The van der Waals surface area contributed by atoms with Gasteiger partial charge in [0.2, 0.25) is 0 Å². The maximum atomic E-state index is 5.26. The van der Waals surface area contributed by atoms with E-state index in [1.165, 1.54) is 65.0 Å². The predicted octanol–water partition coefficient (Wildman–Crippen LogP) is 10.2. The van der Waals surface area contributed by atoms with E-state index in [-0.39, 0.29) is 0 Å². The molecule has 42 heavy (non-hydrogen) atoms. The Morgan fingerprint density at radius 1 is 0.381 bits per heavy atom. The molecule has 0 amide bonds. The highest BCUT2D eigenvalue weighted by atomic mass is 15.0. The Kier molecular flexibility index (Phi) is 4.18. The zero-order valence-electron chi connectivity index (χ0n) is 22.6. The van der Waals surface area contributed by atoms with Crippen molar-refractivity contribution >= 4 is 81.7 Å². The van der Waals surface area contributed by atoms with Crippen LogP contribution in [0, 0.1) is 0 Å². The summed E-state index contributed by atoms with van der Waals surface area (Å²) in [6.45, 7) is 0. The summed E-state index contributed by atoms with van der Waals surface area (Å²) in [4.78, 5) is 5.26. The van der Waals surface area contributed by atoms with E-state index < -0.39 is 0 Å². The average Bonchev–Trinajstić information content (AvgIpc) is 3.59. The number of imidazole rings is 1. The molecule has 3 heteroatoms. The lowest BCUT2D eigenvalue weighted by Gasteiger charge is -2.11. The fourth-order valence-electron chi connectivity index (χ4n) is 7.19. The van der Waals surface area contributed by atoms with Crippen molar-refractivity contribution in [3.63, 3.8) is 0 Å². The zero-order valence-corrected chi connectivity index (χ0v) is 22.6. The molecule has 3 aromatic heterocycles. The Labute approximate surface area is 240 Å². The highest BCUT2D eigenvalue weighted by Crippen LogP contribution is 2.38. The molecular weight excluding hydrogens is 510 g/mol. The lowest BCUT2D eigenvalue weighted by molar-refractivity contribution is 1.19. The van der Waals surface area contributed by atoms with E-state index in [1.54, 1.807) is 0 Å². The molecule has 10 rings (SSSR count). The largest absolute Gasteiger partial charge is 0.309 e. The molecule has 0 aliphatic carbocycles. The van der Waals surface area contributed by atoms with Gasteiger partial charge in [0.25, 0.3) is 0 Å². The van der Waals surface area contributed by atoms with Crippen molar-refractivity contribution < 1.29 is 0 Å². The van der Waals surface area contributed by atoms with Crippen LogP contribution in [0.15, 0.2) is 140 Å². The number of nitrogens with zero attached hydrogens (tertiary/aromatic N) is 3. The molecule has 0 saturated heterocycles. The zero-order chi connectivity index (χ0) is 27.4. The standard InChI is InChI=1S/C39H23N3/c1-2-10-27-24(9-1)17-18-25-21-26(19-20-28(25)27)41-35-15-7-6-13-31(35)33-22-34-38(23-37(33)41)42-36-16-8-5-12-30(36)29-11-3-4-14-32(29)39(42)40-34/h1-23H. The van der Waals surface area contributed by atoms with Gasteiger partial charge in [-0.3, -0.25) is 4.40 Å². The molecule has 0 spiro atoms. The third kappa shape index (κ3) is 2.82. The van der Waals surface area contributed by atoms with Gasteiger partial charge in [-0.05, 0) is 63.3 Å².